The summed E-state index contributed by atoms with van der Waals surface area (Å²) in [5, 5.41) is 29.8. The van der Waals surface area contributed by atoms with E-state index in [1.165, 1.54) is 0 Å². The van der Waals surface area contributed by atoms with E-state index < -0.39 is 41.7 Å². The summed E-state index contributed by atoms with van der Waals surface area (Å²) < 4.78 is 11.3. The van der Waals surface area contributed by atoms with Gasteiger partial charge < -0.3 is 30.5 Å². The summed E-state index contributed by atoms with van der Waals surface area (Å²) in [4.78, 5) is 0. The minimum Gasteiger partial charge on any atom is -0.394 e. The van der Waals surface area contributed by atoms with Crippen LogP contribution in [0.1, 0.15) is 34.6 Å². The van der Waals surface area contributed by atoms with Gasteiger partial charge >= 0.3 is 0 Å². The maximum absolute atomic E-state index is 10.2. The second-order valence-corrected chi connectivity index (χ2v) is 6.78. The fourth-order valence-electron chi connectivity index (χ4n) is 2.26. The van der Waals surface area contributed by atoms with Gasteiger partial charge in [0, 0.05) is 5.54 Å². The molecule has 1 aliphatic rings. The third kappa shape index (κ3) is 4.11. The lowest BCUT2D eigenvalue weighted by molar-refractivity contribution is -0.269. The summed E-state index contributed by atoms with van der Waals surface area (Å²) in [5.41, 5.74) is 4.58. The van der Waals surface area contributed by atoms with Crippen molar-refractivity contribution in [1.29, 1.82) is 0 Å². The molecule has 0 aliphatic carbocycles. The number of ether oxygens (including phenoxy) is 2. The molecule has 0 aromatic carbocycles. The lowest BCUT2D eigenvalue weighted by Crippen LogP contribution is -2.67. The van der Waals surface area contributed by atoms with Crippen molar-refractivity contribution in [3.05, 3.63) is 0 Å². The van der Waals surface area contributed by atoms with Crippen molar-refractivity contribution in [2.75, 3.05) is 6.61 Å². The summed E-state index contributed by atoms with van der Waals surface area (Å²) >= 11 is 0. The largest absolute Gasteiger partial charge is 0.394 e. The maximum Gasteiger partial charge on any atom is 0.115 e. The van der Waals surface area contributed by atoms with E-state index in [0.29, 0.717) is 0 Å². The molecule has 5 unspecified atom stereocenters. The SMILES string of the molecule is CC(C)(C)OC1C(CO)OC(C(C)(C)N)C(O)C1O. The second-order valence-electron chi connectivity index (χ2n) is 6.78. The van der Waals surface area contributed by atoms with Crippen molar-refractivity contribution >= 4 is 0 Å². The minimum absolute atomic E-state index is 0.308. The number of aliphatic hydroxyl groups is 3. The standard InChI is InChI=1S/C13H27NO5/c1-12(2,3)19-10-7(6-15)18-11(13(4,5)14)9(17)8(10)16/h7-11,15-17H,6,14H2,1-5H3. The van der Waals surface area contributed by atoms with Crippen LogP contribution >= 0.6 is 0 Å². The van der Waals surface area contributed by atoms with Crippen molar-refractivity contribution in [3.8, 4) is 0 Å². The molecule has 5 atom stereocenters. The zero-order valence-corrected chi connectivity index (χ0v) is 12.3. The quantitative estimate of drug-likeness (QED) is 0.548. The van der Waals surface area contributed by atoms with Crippen LogP contribution < -0.4 is 5.73 Å². The second kappa shape index (κ2) is 5.63. The molecule has 0 saturated carbocycles. The van der Waals surface area contributed by atoms with Gasteiger partial charge in [-0.3, -0.25) is 0 Å². The fourth-order valence-corrected chi connectivity index (χ4v) is 2.26. The molecule has 0 spiro atoms. The van der Waals surface area contributed by atoms with E-state index in [4.69, 9.17) is 15.2 Å². The van der Waals surface area contributed by atoms with Gasteiger partial charge in [0.25, 0.3) is 0 Å². The molecule has 19 heavy (non-hydrogen) atoms. The zero-order valence-electron chi connectivity index (χ0n) is 12.3. The molecule has 0 radical (unpaired) electrons. The van der Waals surface area contributed by atoms with E-state index >= 15 is 0 Å². The molecule has 0 aromatic heterocycles. The van der Waals surface area contributed by atoms with Crippen LogP contribution in [0.5, 0.6) is 0 Å². The molecule has 0 bridgehead atoms. The number of nitrogens with two attached hydrogens (primary N) is 1. The van der Waals surface area contributed by atoms with Crippen LogP contribution in [-0.2, 0) is 9.47 Å². The molecule has 1 saturated heterocycles. The molecule has 0 amide bonds. The van der Waals surface area contributed by atoms with Crippen LogP contribution in [0.25, 0.3) is 0 Å². The van der Waals surface area contributed by atoms with Crippen LogP contribution in [0, 0.1) is 0 Å². The Morgan fingerprint density at radius 1 is 1.11 bits per heavy atom. The van der Waals surface area contributed by atoms with Gasteiger partial charge in [-0.15, -0.1) is 0 Å². The first-order valence-corrected chi connectivity index (χ1v) is 6.56. The van der Waals surface area contributed by atoms with Gasteiger partial charge in [-0.2, -0.15) is 0 Å². The molecule has 1 fully saturated rings. The average molecular weight is 277 g/mol. The number of aliphatic hydroxyl groups excluding tert-OH is 3. The predicted molar refractivity (Wildman–Crippen MR) is 70.7 cm³/mol. The Balaban J connectivity index is 2.92. The number of hydrogen-bond donors (Lipinski definition) is 4. The lowest BCUT2D eigenvalue weighted by atomic mass is 9.85. The highest BCUT2D eigenvalue weighted by molar-refractivity contribution is 5.00. The fraction of sp³-hybridized carbons (Fsp3) is 1.00. The molecule has 1 rings (SSSR count). The lowest BCUT2D eigenvalue weighted by Gasteiger charge is -2.47. The normalized spacial score (nSPS) is 37.4. The third-order valence-corrected chi connectivity index (χ3v) is 3.09. The van der Waals surface area contributed by atoms with Gasteiger partial charge in [0.15, 0.2) is 0 Å². The Morgan fingerprint density at radius 2 is 1.63 bits per heavy atom. The Bertz CT molecular complexity index is 294. The van der Waals surface area contributed by atoms with Gasteiger partial charge in [-0.1, -0.05) is 0 Å². The van der Waals surface area contributed by atoms with Gasteiger partial charge in [0.1, 0.15) is 30.5 Å². The van der Waals surface area contributed by atoms with Crippen LogP contribution in [0.4, 0.5) is 0 Å². The van der Waals surface area contributed by atoms with Crippen molar-refractivity contribution in [1.82, 2.24) is 0 Å². The zero-order chi connectivity index (χ0) is 15.0. The molecular weight excluding hydrogens is 250 g/mol. The highest BCUT2D eigenvalue weighted by Gasteiger charge is 2.49. The van der Waals surface area contributed by atoms with Crippen molar-refractivity contribution < 1.29 is 24.8 Å². The molecule has 5 N–H and O–H groups in total. The van der Waals surface area contributed by atoms with Crippen LogP contribution in [0.15, 0.2) is 0 Å². The molecule has 114 valence electrons. The number of hydrogen-bond acceptors (Lipinski definition) is 6. The van der Waals surface area contributed by atoms with Crippen LogP contribution in [0.3, 0.4) is 0 Å². The molecule has 1 aliphatic heterocycles. The van der Waals surface area contributed by atoms with Crippen molar-refractivity contribution in [2.45, 2.75) is 76.3 Å². The monoisotopic (exact) mass is 277 g/mol. The van der Waals surface area contributed by atoms with Gasteiger partial charge in [0.05, 0.1) is 12.2 Å². The summed E-state index contributed by atoms with van der Waals surface area (Å²) in [6, 6.07) is 0. The van der Waals surface area contributed by atoms with E-state index in [1.54, 1.807) is 13.8 Å². The first kappa shape index (κ1) is 16.8. The van der Waals surface area contributed by atoms with Crippen molar-refractivity contribution in [2.24, 2.45) is 5.73 Å². The van der Waals surface area contributed by atoms with Gasteiger partial charge in [0.2, 0.25) is 0 Å². The average Bonchev–Trinajstić information content (AvgIpc) is 2.22. The maximum atomic E-state index is 10.2. The van der Waals surface area contributed by atoms with Crippen LogP contribution in [-0.4, -0.2) is 63.6 Å². The van der Waals surface area contributed by atoms with E-state index in [0.717, 1.165) is 0 Å². The van der Waals surface area contributed by atoms with E-state index in [1.807, 2.05) is 20.8 Å². The summed E-state index contributed by atoms with van der Waals surface area (Å²) in [6.07, 6.45) is -4.59. The predicted octanol–water partition coefficient (Wildman–Crippen LogP) is -0.611. The van der Waals surface area contributed by atoms with Gasteiger partial charge in [-0.25, -0.2) is 0 Å². The Hall–Kier alpha value is -0.240. The Labute approximate surface area is 114 Å². The highest BCUT2D eigenvalue weighted by atomic mass is 16.6. The highest BCUT2D eigenvalue weighted by Crippen LogP contribution is 2.30. The molecule has 6 heteroatoms. The summed E-state index contributed by atoms with van der Waals surface area (Å²) in [5.74, 6) is 0. The smallest absolute Gasteiger partial charge is 0.115 e. The van der Waals surface area contributed by atoms with Crippen LogP contribution in [0.2, 0.25) is 0 Å². The number of rotatable bonds is 3. The minimum atomic E-state index is -1.16. The topological polar surface area (TPSA) is 105 Å². The third-order valence-electron chi connectivity index (χ3n) is 3.09. The molecular formula is C13H27NO5. The summed E-state index contributed by atoms with van der Waals surface area (Å²) in [7, 11) is 0. The van der Waals surface area contributed by atoms with E-state index in [-0.39, 0.29) is 6.61 Å². The Kier molecular flexibility index (Phi) is 4.98. The molecule has 6 nitrogen and oxygen atoms in total. The molecule has 1 heterocycles. The molecule has 0 aromatic rings. The van der Waals surface area contributed by atoms with Crippen molar-refractivity contribution in [3.63, 3.8) is 0 Å². The van der Waals surface area contributed by atoms with Gasteiger partial charge in [-0.05, 0) is 34.6 Å². The first-order valence-electron chi connectivity index (χ1n) is 6.56. The first-order chi connectivity index (χ1) is 8.47. The van der Waals surface area contributed by atoms with E-state index in [9.17, 15) is 15.3 Å². The van der Waals surface area contributed by atoms with E-state index in [2.05, 4.69) is 0 Å². The summed E-state index contributed by atoms with van der Waals surface area (Å²) in [6.45, 7) is 8.59. The Morgan fingerprint density at radius 3 is 2.00 bits per heavy atom.